The van der Waals surface area contributed by atoms with E-state index in [9.17, 15) is 4.79 Å². The summed E-state index contributed by atoms with van der Waals surface area (Å²) in [7, 11) is 3.68. The number of hydrogen-bond donors (Lipinski definition) is 2. The fourth-order valence-corrected chi connectivity index (χ4v) is 2.28. The van der Waals surface area contributed by atoms with Gasteiger partial charge in [0.25, 0.3) is 5.91 Å². The maximum absolute atomic E-state index is 11.9. The van der Waals surface area contributed by atoms with Crippen molar-refractivity contribution >= 4 is 17.3 Å². The Balaban J connectivity index is 2.34. The molecule has 1 atom stereocenters. The van der Waals surface area contributed by atoms with Crippen molar-refractivity contribution in [1.82, 2.24) is 5.32 Å². The van der Waals surface area contributed by atoms with Crippen LogP contribution in [0.15, 0.2) is 18.2 Å². The average Bonchev–Trinajstić information content (AvgIpc) is 3.20. The molecule has 1 aromatic rings. The molecule has 0 saturated heterocycles. The van der Waals surface area contributed by atoms with E-state index in [0.717, 1.165) is 11.6 Å². The number of anilines is 2. The molecule has 4 heteroatoms. The zero-order valence-electron chi connectivity index (χ0n) is 11.2. The molecule has 4 nitrogen and oxygen atoms in total. The average molecular weight is 247 g/mol. The van der Waals surface area contributed by atoms with Crippen molar-refractivity contribution in [3.8, 4) is 0 Å². The molecule has 0 heterocycles. The van der Waals surface area contributed by atoms with E-state index in [2.05, 4.69) is 17.1 Å². The van der Waals surface area contributed by atoms with Gasteiger partial charge in [0.1, 0.15) is 0 Å². The van der Waals surface area contributed by atoms with Gasteiger partial charge in [-0.25, -0.2) is 0 Å². The van der Waals surface area contributed by atoms with Crippen LogP contribution >= 0.6 is 0 Å². The van der Waals surface area contributed by atoms with Gasteiger partial charge in [-0.15, -0.1) is 0 Å². The van der Waals surface area contributed by atoms with Crippen molar-refractivity contribution in [2.45, 2.75) is 25.8 Å². The molecule has 1 aromatic carbocycles. The first-order valence-corrected chi connectivity index (χ1v) is 6.39. The zero-order chi connectivity index (χ0) is 13.3. The first-order valence-electron chi connectivity index (χ1n) is 6.39. The summed E-state index contributed by atoms with van der Waals surface area (Å²) in [5.41, 5.74) is 8.12. The Labute approximate surface area is 108 Å². The van der Waals surface area contributed by atoms with Crippen LogP contribution in [0.5, 0.6) is 0 Å². The van der Waals surface area contributed by atoms with Crippen molar-refractivity contribution in [2.75, 3.05) is 24.7 Å². The van der Waals surface area contributed by atoms with Gasteiger partial charge in [-0.3, -0.25) is 4.79 Å². The molecule has 2 rings (SSSR count). The predicted octanol–water partition coefficient (Wildman–Crippen LogP) is 1.86. The maximum atomic E-state index is 11.9. The number of rotatable bonds is 4. The summed E-state index contributed by atoms with van der Waals surface area (Å²) >= 11 is 0. The molecule has 98 valence electrons. The minimum absolute atomic E-state index is 0.0696. The van der Waals surface area contributed by atoms with E-state index < -0.39 is 0 Å². The standard InChI is InChI=1S/C14H21N3O/c1-9(10-4-5-10)17(3)13-8-11(15)6-7-12(13)14(18)16-2/h6-10H,4-5,15H2,1-3H3,(H,16,18). The zero-order valence-corrected chi connectivity index (χ0v) is 11.2. The van der Waals surface area contributed by atoms with E-state index in [0.29, 0.717) is 17.3 Å². The summed E-state index contributed by atoms with van der Waals surface area (Å²) in [5, 5.41) is 2.67. The minimum atomic E-state index is -0.0696. The molecular formula is C14H21N3O. The summed E-state index contributed by atoms with van der Waals surface area (Å²) < 4.78 is 0. The first-order chi connectivity index (χ1) is 8.54. The van der Waals surface area contributed by atoms with Crippen LogP contribution in [0.1, 0.15) is 30.1 Å². The smallest absolute Gasteiger partial charge is 0.253 e. The molecule has 1 unspecified atom stereocenters. The van der Waals surface area contributed by atoms with Crippen LogP contribution in [0.3, 0.4) is 0 Å². The van der Waals surface area contributed by atoms with Gasteiger partial charge in [0.05, 0.1) is 11.3 Å². The van der Waals surface area contributed by atoms with Crippen LogP contribution < -0.4 is 16.0 Å². The van der Waals surface area contributed by atoms with Crippen LogP contribution in [0.4, 0.5) is 11.4 Å². The highest BCUT2D eigenvalue weighted by atomic mass is 16.1. The van der Waals surface area contributed by atoms with Crippen LogP contribution in [0, 0.1) is 5.92 Å². The Morgan fingerprint density at radius 2 is 2.17 bits per heavy atom. The molecule has 1 saturated carbocycles. The fraction of sp³-hybridized carbons (Fsp3) is 0.500. The van der Waals surface area contributed by atoms with Crippen molar-refractivity contribution < 1.29 is 4.79 Å². The number of carbonyl (C=O) groups is 1. The molecule has 1 aliphatic rings. The monoisotopic (exact) mass is 247 g/mol. The van der Waals surface area contributed by atoms with E-state index in [1.54, 1.807) is 19.2 Å². The molecule has 1 amide bonds. The third-order valence-electron chi connectivity index (χ3n) is 3.79. The number of hydrogen-bond acceptors (Lipinski definition) is 3. The molecule has 0 aromatic heterocycles. The Hall–Kier alpha value is -1.71. The molecule has 3 N–H and O–H groups in total. The Morgan fingerprint density at radius 3 is 2.72 bits per heavy atom. The number of nitrogens with two attached hydrogens (primary N) is 1. The lowest BCUT2D eigenvalue weighted by Gasteiger charge is -2.29. The van der Waals surface area contributed by atoms with E-state index >= 15 is 0 Å². The van der Waals surface area contributed by atoms with Crippen molar-refractivity contribution in [1.29, 1.82) is 0 Å². The van der Waals surface area contributed by atoms with E-state index in [4.69, 9.17) is 5.73 Å². The van der Waals surface area contributed by atoms with Crippen molar-refractivity contribution in [3.05, 3.63) is 23.8 Å². The molecule has 0 bridgehead atoms. The topological polar surface area (TPSA) is 58.4 Å². The lowest BCUT2D eigenvalue weighted by Crippen LogP contribution is -2.33. The van der Waals surface area contributed by atoms with Crippen LogP contribution in [-0.4, -0.2) is 26.0 Å². The molecule has 0 radical (unpaired) electrons. The van der Waals surface area contributed by atoms with Gasteiger partial charge in [-0.2, -0.15) is 0 Å². The van der Waals surface area contributed by atoms with E-state index in [1.165, 1.54) is 12.8 Å². The van der Waals surface area contributed by atoms with Gasteiger partial charge in [-0.1, -0.05) is 0 Å². The van der Waals surface area contributed by atoms with E-state index in [-0.39, 0.29) is 5.91 Å². The van der Waals surface area contributed by atoms with Gasteiger partial charge in [-0.05, 0) is 43.9 Å². The summed E-state index contributed by atoms with van der Waals surface area (Å²) in [6.07, 6.45) is 2.56. The summed E-state index contributed by atoms with van der Waals surface area (Å²) in [6, 6.07) is 5.88. The van der Waals surface area contributed by atoms with Crippen LogP contribution in [-0.2, 0) is 0 Å². The number of amides is 1. The first kappa shape index (κ1) is 12.7. The van der Waals surface area contributed by atoms with Crippen molar-refractivity contribution in [3.63, 3.8) is 0 Å². The number of carbonyl (C=O) groups excluding carboxylic acids is 1. The predicted molar refractivity (Wildman–Crippen MR) is 74.8 cm³/mol. The lowest BCUT2D eigenvalue weighted by atomic mass is 10.1. The molecule has 1 aliphatic carbocycles. The van der Waals surface area contributed by atoms with Gasteiger partial charge >= 0.3 is 0 Å². The maximum Gasteiger partial charge on any atom is 0.253 e. The van der Waals surface area contributed by atoms with Crippen molar-refractivity contribution in [2.24, 2.45) is 5.92 Å². The molecule has 18 heavy (non-hydrogen) atoms. The molecular weight excluding hydrogens is 226 g/mol. The van der Waals surface area contributed by atoms with Gasteiger partial charge in [0.15, 0.2) is 0 Å². The largest absolute Gasteiger partial charge is 0.399 e. The number of benzene rings is 1. The highest BCUT2D eigenvalue weighted by Gasteiger charge is 2.31. The van der Waals surface area contributed by atoms with Gasteiger partial charge < -0.3 is 16.0 Å². The van der Waals surface area contributed by atoms with Crippen LogP contribution in [0.25, 0.3) is 0 Å². The SMILES string of the molecule is CNC(=O)c1ccc(N)cc1N(C)C(C)C1CC1. The third-order valence-corrected chi connectivity index (χ3v) is 3.79. The highest BCUT2D eigenvalue weighted by molar-refractivity contribution is 6.00. The number of nitrogens with zero attached hydrogens (tertiary/aromatic N) is 1. The summed E-state index contributed by atoms with van der Waals surface area (Å²) in [4.78, 5) is 14.0. The second-order valence-corrected chi connectivity index (χ2v) is 5.04. The fourth-order valence-electron chi connectivity index (χ4n) is 2.28. The number of nitrogen functional groups attached to an aromatic ring is 1. The number of nitrogens with one attached hydrogen (secondary N) is 1. The summed E-state index contributed by atoms with van der Waals surface area (Å²) in [6.45, 7) is 2.20. The lowest BCUT2D eigenvalue weighted by molar-refractivity contribution is 0.0963. The Bertz CT molecular complexity index is 454. The molecule has 0 aliphatic heterocycles. The van der Waals surface area contributed by atoms with Gasteiger partial charge in [0.2, 0.25) is 0 Å². The van der Waals surface area contributed by atoms with Crippen LogP contribution in [0.2, 0.25) is 0 Å². The second kappa shape index (κ2) is 4.88. The van der Waals surface area contributed by atoms with E-state index in [1.807, 2.05) is 13.1 Å². The molecule has 1 fully saturated rings. The Kier molecular flexibility index (Phi) is 3.45. The quantitative estimate of drug-likeness (QED) is 0.798. The normalized spacial score (nSPS) is 16.2. The minimum Gasteiger partial charge on any atom is -0.399 e. The third kappa shape index (κ3) is 2.42. The Morgan fingerprint density at radius 1 is 1.50 bits per heavy atom. The molecule has 0 spiro atoms. The highest BCUT2D eigenvalue weighted by Crippen LogP contribution is 2.37. The second-order valence-electron chi connectivity index (χ2n) is 5.04. The van der Waals surface area contributed by atoms with Gasteiger partial charge in [0, 0.05) is 25.8 Å². The summed E-state index contributed by atoms with van der Waals surface area (Å²) in [5.74, 6) is 0.675.